The van der Waals surface area contributed by atoms with Gasteiger partial charge >= 0.3 is 5.97 Å². The van der Waals surface area contributed by atoms with E-state index in [0.29, 0.717) is 19.3 Å². The molecule has 2 N–H and O–H groups in total. The van der Waals surface area contributed by atoms with Crippen LogP contribution in [0.15, 0.2) is 18.2 Å². The highest BCUT2D eigenvalue weighted by molar-refractivity contribution is 5.75. The van der Waals surface area contributed by atoms with Crippen LogP contribution in [-0.2, 0) is 11.2 Å². The Kier molecular flexibility index (Phi) is 4.10. The molecule has 4 heteroatoms. The van der Waals surface area contributed by atoms with Crippen LogP contribution in [0.25, 0.3) is 0 Å². The second-order valence-corrected chi connectivity index (χ2v) is 5.33. The van der Waals surface area contributed by atoms with Gasteiger partial charge in [0.05, 0.1) is 12.5 Å². The third-order valence-electron chi connectivity index (χ3n) is 3.98. The standard InChI is InChI=1S/C15H21NO3/c1-11-3-4-13(19-2)12(9-11)10-15(14(17)18)5-7-16-8-6-15/h3-4,9,16H,5-8,10H2,1-2H3,(H,17,18). The highest BCUT2D eigenvalue weighted by Crippen LogP contribution is 2.36. The van der Waals surface area contributed by atoms with Crippen molar-refractivity contribution < 1.29 is 14.6 Å². The number of methoxy groups -OCH3 is 1. The molecule has 1 aliphatic heterocycles. The quantitative estimate of drug-likeness (QED) is 0.872. The van der Waals surface area contributed by atoms with Gasteiger partial charge in [0.2, 0.25) is 0 Å². The Labute approximate surface area is 113 Å². The summed E-state index contributed by atoms with van der Waals surface area (Å²) >= 11 is 0. The first-order chi connectivity index (χ1) is 9.07. The maximum absolute atomic E-state index is 11.7. The predicted molar refractivity (Wildman–Crippen MR) is 73.6 cm³/mol. The molecular formula is C15H21NO3. The summed E-state index contributed by atoms with van der Waals surface area (Å²) in [7, 11) is 1.63. The van der Waals surface area contributed by atoms with Crippen molar-refractivity contribution in [2.75, 3.05) is 20.2 Å². The highest BCUT2D eigenvalue weighted by atomic mass is 16.5. The molecule has 4 nitrogen and oxygen atoms in total. The Hall–Kier alpha value is -1.55. The van der Waals surface area contributed by atoms with Gasteiger partial charge in [0, 0.05) is 0 Å². The third kappa shape index (κ3) is 2.89. The summed E-state index contributed by atoms with van der Waals surface area (Å²) in [6.07, 6.45) is 1.87. The maximum atomic E-state index is 11.7. The Morgan fingerprint density at radius 1 is 1.42 bits per heavy atom. The largest absolute Gasteiger partial charge is 0.496 e. The molecule has 1 aromatic carbocycles. The van der Waals surface area contributed by atoms with Gasteiger partial charge in [-0.05, 0) is 50.9 Å². The fourth-order valence-corrected chi connectivity index (χ4v) is 2.78. The molecule has 1 fully saturated rings. The van der Waals surface area contributed by atoms with Crippen LogP contribution in [0.1, 0.15) is 24.0 Å². The van der Waals surface area contributed by atoms with Crippen molar-refractivity contribution in [2.24, 2.45) is 5.41 Å². The SMILES string of the molecule is COc1ccc(C)cc1CC1(C(=O)O)CCNCC1. The van der Waals surface area contributed by atoms with Crippen LogP contribution >= 0.6 is 0 Å². The normalized spacial score (nSPS) is 18.0. The molecule has 2 rings (SSSR count). The lowest BCUT2D eigenvalue weighted by molar-refractivity contribution is -0.150. The first-order valence-electron chi connectivity index (χ1n) is 6.65. The van der Waals surface area contributed by atoms with E-state index in [1.807, 2.05) is 25.1 Å². The number of hydrogen-bond donors (Lipinski definition) is 2. The first-order valence-corrected chi connectivity index (χ1v) is 6.65. The van der Waals surface area contributed by atoms with Gasteiger partial charge in [0.25, 0.3) is 0 Å². The van der Waals surface area contributed by atoms with Gasteiger partial charge < -0.3 is 15.2 Å². The van der Waals surface area contributed by atoms with Crippen molar-refractivity contribution >= 4 is 5.97 Å². The summed E-state index contributed by atoms with van der Waals surface area (Å²) in [6, 6.07) is 5.94. The number of piperidine rings is 1. The molecule has 1 aliphatic rings. The Bertz CT molecular complexity index is 464. The minimum atomic E-state index is -0.697. The molecule has 0 bridgehead atoms. The van der Waals surface area contributed by atoms with Crippen LogP contribution in [0, 0.1) is 12.3 Å². The van der Waals surface area contributed by atoms with Crippen molar-refractivity contribution in [1.82, 2.24) is 5.32 Å². The van der Waals surface area contributed by atoms with Crippen LogP contribution in [0.2, 0.25) is 0 Å². The molecule has 0 aliphatic carbocycles. The molecule has 0 amide bonds. The summed E-state index contributed by atoms with van der Waals surface area (Å²) in [5, 5.41) is 12.8. The van der Waals surface area contributed by atoms with E-state index in [2.05, 4.69) is 5.32 Å². The van der Waals surface area contributed by atoms with E-state index in [1.165, 1.54) is 0 Å². The summed E-state index contributed by atoms with van der Waals surface area (Å²) in [5.41, 5.74) is 1.46. The Morgan fingerprint density at radius 3 is 2.68 bits per heavy atom. The summed E-state index contributed by atoms with van der Waals surface area (Å²) in [4.78, 5) is 11.7. The van der Waals surface area contributed by atoms with Gasteiger partial charge in [-0.1, -0.05) is 17.7 Å². The van der Waals surface area contributed by atoms with E-state index in [9.17, 15) is 9.90 Å². The molecule has 1 aromatic rings. The smallest absolute Gasteiger partial charge is 0.310 e. The lowest BCUT2D eigenvalue weighted by Crippen LogP contribution is -2.43. The molecule has 0 saturated carbocycles. The first kappa shape index (κ1) is 13.9. The molecule has 104 valence electrons. The van der Waals surface area contributed by atoms with Gasteiger partial charge in [-0.15, -0.1) is 0 Å². The third-order valence-corrected chi connectivity index (χ3v) is 3.98. The number of hydrogen-bond acceptors (Lipinski definition) is 3. The number of carboxylic acids is 1. The molecule has 1 heterocycles. The molecule has 0 unspecified atom stereocenters. The number of rotatable bonds is 4. The zero-order valence-electron chi connectivity index (χ0n) is 11.5. The van der Waals surface area contributed by atoms with Gasteiger partial charge in [-0.2, -0.15) is 0 Å². The van der Waals surface area contributed by atoms with E-state index in [-0.39, 0.29) is 0 Å². The van der Waals surface area contributed by atoms with Crippen molar-refractivity contribution in [1.29, 1.82) is 0 Å². The molecule has 0 aromatic heterocycles. The maximum Gasteiger partial charge on any atom is 0.310 e. The van der Waals surface area contributed by atoms with Gasteiger partial charge in [0.1, 0.15) is 5.75 Å². The van der Waals surface area contributed by atoms with E-state index in [1.54, 1.807) is 7.11 Å². The van der Waals surface area contributed by atoms with Crippen LogP contribution in [-0.4, -0.2) is 31.3 Å². The summed E-state index contributed by atoms with van der Waals surface area (Å²) < 4.78 is 5.36. The van der Waals surface area contributed by atoms with Crippen molar-refractivity contribution in [3.05, 3.63) is 29.3 Å². The van der Waals surface area contributed by atoms with Crippen molar-refractivity contribution in [2.45, 2.75) is 26.2 Å². The van der Waals surface area contributed by atoms with Crippen LogP contribution in [0.4, 0.5) is 0 Å². The topological polar surface area (TPSA) is 58.6 Å². The van der Waals surface area contributed by atoms with Crippen LogP contribution < -0.4 is 10.1 Å². The fraction of sp³-hybridized carbons (Fsp3) is 0.533. The summed E-state index contributed by atoms with van der Waals surface area (Å²) in [5.74, 6) is 0.0855. The average Bonchev–Trinajstić information content (AvgIpc) is 2.40. The monoisotopic (exact) mass is 263 g/mol. The second kappa shape index (κ2) is 5.61. The molecule has 0 atom stereocenters. The number of benzene rings is 1. The molecule has 0 radical (unpaired) electrons. The number of nitrogens with one attached hydrogen (secondary N) is 1. The van der Waals surface area contributed by atoms with E-state index in [0.717, 1.165) is 30.0 Å². The highest BCUT2D eigenvalue weighted by Gasteiger charge is 2.40. The fourth-order valence-electron chi connectivity index (χ4n) is 2.78. The summed E-state index contributed by atoms with van der Waals surface area (Å²) in [6.45, 7) is 3.54. The zero-order valence-corrected chi connectivity index (χ0v) is 11.5. The lowest BCUT2D eigenvalue weighted by atomic mass is 9.74. The number of ether oxygens (including phenoxy) is 1. The van der Waals surface area contributed by atoms with Gasteiger partial charge in [-0.3, -0.25) is 4.79 Å². The van der Waals surface area contributed by atoms with E-state index < -0.39 is 11.4 Å². The minimum absolute atomic E-state index is 0.537. The molecular weight excluding hydrogens is 242 g/mol. The van der Waals surface area contributed by atoms with E-state index >= 15 is 0 Å². The second-order valence-electron chi connectivity index (χ2n) is 5.33. The van der Waals surface area contributed by atoms with Gasteiger partial charge in [0.15, 0.2) is 0 Å². The lowest BCUT2D eigenvalue weighted by Gasteiger charge is -2.34. The molecule has 1 saturated heterocycles. The molecule has 0 spiro atoms. The van der Waals surface area contributed by atoms with Crippen molar-refractivity contribution in [3.8, 4) is 5.75 Å². The molecule has 19 heavy (non-hydrogen) atoms. The van der Waals surface area contributed by atoms with Gasteiger partial charge in [-0.25, -0.2) is 0 Å². The number of aryl methyl sites for hydroxylation is 1. The Morgan fingerprint density at radius 2 is 2.11 bits per heavy atom. The average molecular weight is 263 g/mol. The Balaban J connectivity index is 2.31. The number of carbonyl (C=O) groups is 1. The zero-order chi connectivity index (χ0) is 13.9. The minimum Gasteiger partial charge on any atom is -0.496 e. The number of carboxylic acid groups (broad SMARTS) is 1. The van der Waals surface area contributed by atoms with E-state index in [4.69, 9.17) is 4.74 Å². The number of aliphatic carboxylic acids is 1. The van der Waals surface area contributed by atoms with Crippen LogP contribution in [0.5, 0.6) is 5.75 Å². The van der Waals surface area contributed by atoms with Crippen molar-refractivity contribution in [3.63, 3.8) is 0 Å². The van der Waals surface area contributed by atoms with Crippen LogP contribution in [0.3, 0.4) is 0 Å². The predicted octanol–water partition coefficient (Wildman–Crippen LogP) is 2.00.